The van der Waals surface area contributed by atoms with Gasteiger partial charge < -0.3 is 61.6 Å². The van der Waals surface area contributed by atoms with Gasteiger partial charge in [-0.3, -0.25) is 0 Å². The average Bonchev–Trinajstić information content (AvgIpc) is 3.89. The minimum atomic E-state index is -1.10. The highest BCUT2D eigenvalue weighted by Crippen LogP contribution is 2.49. The third-order valence-electron chi connectivity index (χ3n) is 9.73. The minimum Gasteiger partial charge on any atom is -0.377 e. The molecule has 0 aliphatic carbocycles. The Morgan fingerprint density at radius 3 is 1.42 bits per heavy atom. The molecule has 6 fully saturated rings. The third kappa shape index (κ3) is 7.91. The molecule has 296 valence electrons. The Bertz CT molecular complexity index is 1490. The summed E-state index contributed by atoms with van der Waals surface area (Å²) in [5, 5.41) is 17.1. The molecule has 19 heteroatoms. The van der Waals surface area contributed by atoms with Crippen molar-refractivity contribution in [2.45, 2.75) is 153 Å². The van der Waals surface area contributed by atoms with E-state index in [-0.39, 0.29) is 50.7 Å². The van der Waals surface area contributed by atoms with Crippen molar-refractivity contribution in [3.05, 3.63) is 23.8 Å². The average molecular weight is 753 g/mol. The molecule has 6 aliphatic rings. The van der Waals surface area contributed by atoms with E-state index < -0.39 is 46.9 Å². The topological polar surface area (TPSA) is 181 Å². The van der Waals surface area contributed by atoms with E-state index in [2.05, 4.69) is 20.6 Å². The maximum Gasteiger partial charge on any atom is 0.220 e. The first-order valence-corrected chi connectivity index (χ1v) is 18.3. The summed E-state index contributed by atoms with van der Waals surface area (Å²) in [6, 6.07) is 0. The van der Waals surface area contributed by atoms with Crippen LogP contribution in [-0.2, 0) is 87.9 Å². The van der Waals surface area contributed by atoms with Gasteiger partial charge in [0.25, 0.3) is 0 Å². The van der Waals surface area contributed by atoms with Crippen LogP contribution in [0.2, 0.25) is 0 Å². The first-order chi connectivity index (χ1) is 25.0. The molecule has 2 aromatic rings. The van der Waals surface area contributed by atoms with Crippen LogP contribution in [0, 0.1) is 0 Å². The molecule has 2 aromatic heterocycles. The zero-order valence-electron chi connectivity index (χ0n) is 31.7. The van der Waals surface area contributed by atoms with Crippen LogP contribution in [0.5, 0.6) is 0 Å². The standard InChI is InChI=1S/C34H52N6O13/c1-29(2)46-23-17-44-33(27(25(23)48-29)50-31(5,6)52-33)19-39-13-21(35-37-39)15-42-11-9-41-10-12-43-16-22-14-40(38-36-22)20-34-28(51-32(7,8)53-34)26-24(18-45-34)47-30(3,4)49-26/h13-14,23-28H,9-12,15-20H2,1-8H3/t23-,24-,25-,26-,27-,28-,33-,34-/m0/s1. The number of nitrogens with zero attached hydrogens (tertiary/aromatic N) is 6. The lowest BCUT2D eigenvalue weighted by Gasteiger charge is -2.40. The van der Waals surface area contributed by atoms with E-state index >= 15 is 0 Å². The summed E-state index contributed by atoms with van der Waals surface area (Å²) in [6.07, 6.45) is 1.45. The summed E-state index contributed by atoms with van der Waals surface area (Å²) in [7, 11) is 0. The maximum atomic E-state index is 6.32. The van der Waals surface area contributed by atoms with Crippen LogP contribution in [0.1, 0.15) is 66.8 Å². The summed E-state index contributed by atoms with van der Waals surface area (Å²) in [4.78, 5) is 0. The number of fused-ring (bicyclic) bond motifs is 6. The van der Waals surface area contributed by atoms with Gasteiger partial charge in [0.05, 0.1) is 78.3 Å². The lowest BCUT2D eigenvalue weighted by Crippen LogP contribution is -2.60. The molecule has 0 unspecified atom stereocenters. The lowest BCUT2D eigenvalue weighted by molar-refractivity contribution is -0.288. The highest BCUT2D eigenvalue weighted by molar-refractivity contribution is 5.05. The predicted octanol–water partition coefficient (Wildman–Crippen LogP) is 1.42. The van der Waals surface area contributed by atoms with Crippen LogP contribution in [0.4, 0.5) is 0 Å². The highest BCUT2D eigenvalue weighted by atomic mass is 16.9. The van der Waals surface area contributed by atoms with Crippen molar-refractivity contribution in [1.82, 2.24) is 30.0 Å². The number of aromatic nitrogens is 6. The molecule has 6 aliphatic heterocycles. The fourth-order valence-electron chi connectivity index (χ4n) is 8.03. The van der Waals surface area contributed by atoms with Gasteiger partial charge in [-0.1, -0.05) is 10.4 Å². The molecule has 0 bridgehead atoms. The minimum absolute atomic E-state index is 0.246. The molecular formula is C34H52N6O13. The van der Waals surface area contributed by atoms with Crippen molar-refractivity contribution in [1.29, 1.82) is 0 Å². The maximum absolute atomic E-state index is 6.32. The van der Waals surface area contributed by atoms with Crippen LogP contribution in [-0.4, -0.2) is 141 Å². The van der Waals surface area contributed by atoms with Gasteiger partial charge in [0, 0.05) is 0 Å². The Hall–Kier alpha value is -2.24. The number of ether oxygens (including phenoxy) is 13. The lowest BCUT2D eigenvalue weighted by atomic mass is 9.97. The SMILES string of the molecule is CC1(C)O[C@H]2[C@H](CO[C@@]3(Cn4cc(COCCOCCOCc5cn(C[C@@]67OC[C@@H]8OC(C)(C)O[C@@H]8[C@@H]6OC(C)(C)O7)nn5)nn4)OC(C)(C)O[C@@H]23)O1. The van der Waals surface area contributed by atoms with E-state index in [0.717, 1.165) is 0 Å². The van der Waals surface area contributed by atoms with Gasteiger partial charge in [0.2, 0.25) is 11.6 Å². The van der Waals surface area contributed by atoms with Crippen LogP contribution < -0.4 is 0 Å². The number of hydrogen-bond donors (Lipinski definition) is 0. The van der Waals surface area contributed by atoms with Crippen molar-refractivity contribution in [2.24, 2.45) is 0 Å². The molecule has 8 rings (SSSR count). The van der Waals surface area contributed by atoms with Gasteiger partial charge in [-0.2, -0.15) is 0 Å². The van der Waals surface area contributed by atoms with Gasteiger partial charge in [0.1, 0.15) is 48.0 Å². The van der Waals surface area contributed by atoms with Crippen molar-refractivity contribution < 1.29 is 61.6 Å². The van der Waals surface area contributed by atoms with E-state index in [1.54, 1.807) is 21.8 Å². The smallest absolute Gasteiger partial charge is 0.220 e. The first-order valence-electron chi connectivity index (χ1n) is 18.3. The first kappa shape index (κ1) is 37.7. The quantitative estimate of drug-likeness (QED) is 0.253. The van der Waals surface area contributed by atoms with Crippen LogP contribution in [0.15, 0.2) is 12.4 Å². The third-order valence-corrected chi connectivity index (χ3v) is 9.73. The Labute approximate surface area is 307 Å². The Morgan fingerprint density at radius 1 is 0.566 bits per heavy atom. The van der Waals surface area contributed by atoms with Gasteiger partial charge in [-0.15, -0.1) is 10.2 Å². The van der Waals surface area contributed by atoms with Gasteiger partial charge >= 0.3 is 0 Å². The monoisotopic (exact) mass is 752 g/mol. The van der Waals surface area contributed by atoms with Crippen molar-refractivity contribution >= 4 is 0 Å². The number of hydrogen-bond acceptors (Lipinski definition) is 17. The second kappa shape index (κ2) is 13.7. The Kier molecular flexibility index (Phi) is 9.77. The molecule has 0 saturated carbocycles. The van der Waals surface area contributed by atoms with Gasteiger partial charge in [-0.05, 0) is 55.4 Å². The number of rotatable bonds is 14. The molecule has 53 heavy (non-hydrogen) atoms. The van der Waals surface area contributed by atoms with Crippen LogP contribution in [0.3, 0.4) is 0 Å². The van der Waals surface area contributed by atoms with E-state index in [4.69, 9.17) is 61.6 Å². The van der Waals surface area contributed by atoms with E-state index in [9.17, 15) is 0 Å². The predicted molar refractivity (Wildman–Crippen MR) is 175 cm³/mol. The van der Waals surface area contributed by atoms with Crippen LogP contribution in [0.25, 0.3) is 0 Å². The largest absolute Gasteiger partial charge is 0.377 e. The van der Waals surface area contributed by atoms with Gasteiger partial charge in [0.15, 0.2) is 23.1 Å². The molecule has 0 radical (unpaired) electrons. The Balaban J connectivity index is 0.732. The normalized spacial score (nSPS) is 37.4. The molecule has 8 atom stereocenters. The molecule has 0 spiro atoms. The van der Waals surface area contributed by atoms with E-state index in [0.29, 0.717) is 51.0 Å². The molecule has 8 heterocycles. The second-order valence-electron chi connectivity index (χ2n) is 16.1. The van der Waals surface area contributed by atoms with Gasteiger partial charge in [-0.25, -0.2) is 9.36 Å². The van der Waals surface area contributed by atoms with E-state index in [1.807, 2.05) is 55.4 Å². The molecule has 0 N–H and O–H groups in total. The second-order valence-corrected chi connectivity index (χ2v) is 16.1. The molecule has 0 amide bonds. The summed E-state index contributed by atoms with van der Waals surface area (Å²) >= 11 is 0. The fraction of sp³-hybridized carbons (Fsp3) is 0.882. The zero-order chi connectivity index (χ0) is 37.3. The molecular weight excluding hydrogens is 700 g/mol. The van der Waals surface area contributed by atoms with Crippen molar-refractivity contribution in [3.8, 4) is 0 Å². The summed E-state index contributed by atoms with van der Waals surface area (Å²) in [6.45, 7) is 18.2. The zero-order valence-corrected chi connectivity index (χ0v) is 31.7. The fourth-order valence-corrected chi connectivity index (χ4v) is 8.03. The highest BCUT2D eigenvalue weighted by Gasteiger charge is 2.67. The summed E-state index contributed by atoms with van der Waals surface area (Å²) in [5.74, 6) is -5.40. The molecule has 6 saturated heterocycles. The summed E-state index contributed by atoms with van der Waals surface area (Å²) < 4.78 is 82.7. The van der Waals surface area contributed by atoms with Crippen molar-refractivity contribution in [2.75, 3.05) is 39.6 Å². The van der Waals surface area contributed by atoms with Crippen LogP contribution >= 0.6 is 0 Å². The summed E-state index contributed by atoms with van der Waals surface area (Å²) in [5.41, 5.74) is 1.33. The Morgan fingerprint density at radius 2 is 0.981 bits per heavy atom. The van der Waals surface area contributed by atoms with E-state index in [1.165, 1.54) is 0 Å². The van der Waals surface area contributed by atoms with Crippen molar-refractivity contribution in [3.63, 3.8) is 0 Å². The molecule has 19 nitrogen and oxygen atoms in total. The molecule has 0 aromatic carbocycles.